The van der Waals surface area contributed by atoms with Crippen molar-refractivity contribution in [1.82, 2.24) is 9.97 Å². The van der Waals surface area contributed by atoms with Crippen molar-refractivity contribution in [2.45, 2.75) is 19.1 Å². The van der Waals surface area contributed by atoms with Crippen molar-refractivity contribution in [2.75, 3.05) is 10.6 Å². The zero-order chi connectivity index (χ0) is 23.6. The third kappa shape index (κ3) is 5.14. The maximum atomic E-state index is 14.3. The average molecular weight is 489 g/mol. The third-order valence-electron chi connectivity index (χ3n) is 4.13. The zero-order valence-electron chi connectivity index (χ0n) is 16.0. The summed E-state index contributed by atoms with van der Waals surface area (Å²) in [4.78, 5) is 31.2. The number of nitrogens with zero attached hydrogens (tertiary/aromatic N) is 2. The number of rotatable bonds is 6. The lowest BCUT2D eigenvalue weighted by atomic mass is 10.1. The van der Waals surface area contributed by atoms with E-state index in [2.05, 4.69) is 20.6 Å². The van der Waals surface area contributed by atoms with Crippen LogP contribution in [0.3, 0.4) is 0 Å². The predicted octanol–water partition coefficient (Wildman–Crippen LogP) is 5.15. The highest BCUT2D eigenvalue weighted by Crippen LogP contribution is 2.36. The van der Waals surface area contributed by atoms with Gasteiger partial charge in [0.1, 0.15) is 17.7 Å². The number of alkyl halides is 3. The molecule has 2 aromatic heterocycles. The highest BCUT2D eigenvalue weighted by Gasteiger charge is 2.35. The van der Waals surface area contributed by atoms with Gasteiger partial charge in [0.15, 0.2) is 5.13 Å². The summed E-state index contributed by atoms with van der Waals surface area (Å²) in [5.74, 6) is -3.20. The molecule has 1 amide bonds. The lowest BCUT2D eigenvalue weighted by molar-refractivity contribution is -0.140. The smallest absolute Gasteiger partial charge is 0.419 e. The van der Waals surface area contributed by atoms with Gasteiger partial charge in [-0.15, -0.1) is 11.3 Å². The van der Waals surface area contributed by atoms with E-state index in [1.807, 2.05) is 0 Å². The van der Waals surface area contributed by atoms with E-state index in [1.54, 1.807) is 0 Å². The van der Waals surface area contributed by atoms with Crippen LogP contribution in [0.1, 0.15) is 22.8 Å². The summed E-state index contributed by atoms with van der Waals surface area (Å²) in [7, 11) is 0. The van der Waals surface area contributed by atoms with Crippen molar-refractivity contribution < 1.29 is 32.3 Å². The standard InChI is InChI=1S/C19H13ClF4N4O3S/c1-8(17(30)31)26-15-12(20)5-9(6-25-15)16(29)28-18-27-13(7-32-18)10-3-2-4-11(14(10)21)19(22,23)24/h2-8H,1H3,(H,25,26)(H,30,31)(H,27,28,29). The number of thiazole rings is 1. The number of benzene rings is 1. The second kappa shape index (κ2) is 9.09. The summed E-state index contributed by atoms with van der Waals surface area (Å²) in [5.41, 5.74) is -1.83. The SMILES string of the molecule is CC(Nc1ncc(C(=O)Nc2nc(-c3cccc(C(F)(F)F)c3F)cs2)cc1Cl)C(=O)O. The number of nitrogens with one attached hydrogen (secondary N) is 2. The Morgan fingerprint density at radius 2 is 2.00 bits per heavy atom. The van der Waals surface area contributed by atoms with Gasteiger partial charge in [0.25, 0.3) is 5.91 Å². The molecule has 0 saturated heterocycles. The van der Waals surface area contributed by atoms with E-state index >= 15 is 0 Å². The lowest BCUT2D eigenvalue weighted by Crippen LogP contribution is -2.26. The van der Waals surface area contributed by atoms with Gasteiger partial charge in [0.05, 0.1) is 21.8 Å². The first-order valence-electron chi connectivity index (χ1n) is 8.75. The van der Waals surface area contributed by atoms with Crippen LogP contribution in [0.4, 0.5) is 28.5 Å². The van der Waals surface area contributed by atoms with Gasteiger partial charge in [-0.1, -0.05) is 17.7 Å². The summed E-state index contributed by atoms with van der Waals surface area (Å²) < 4.78 is 53.0. The highest BCUT2D eigenvalue weighted by molar-refractivity contribution is 7.14. The van der Waals surface area contributed by atoms with Crippen LogP contribution in [0.2, 0.25) is 5.02 Å². The first-order chi connectivity index (χ1) is 15.0. The fraction of sp³-hybridized carbons (Fsp3) is 0.158. The van der Waals surface area contributed by atoms with Gasteiger partial charge in [0, 0.05) is 17.1 Å². The summed E-state index contributed by atoms with van der Waals surface area (Å²) in [6, 6.07) is 3.12. The number of aromatic nitrogens is 2. The fourth-order valence-corrected chi connectivity index (χ4v) is 3.43. The van der Waals surface area contributed by atoms with Gasteiger partial charge >= 0.3 is 12.1 Å². The monoisotopic (exact) mass is 488 g/mol. The molecular formula is C19H13ClF4N4O3S. The van der Waals surface area contributed by atoms with Crippen LogP contribution in [0.25, 0.3) is 11.3 Å². The predicted molar refractivity (Wildman–Crippen MR) is 110 cm³/mol. The van der Waals surface area contributed by atoms with Gasteiger partial charge in [-0.05, 0) is 25.1 Å². The van der Waals surface area contributed by atoms with Gasteiger partial charge in [0.2, 0.25) is 0 Å². The maximum Gasteiger partial charge on any atom is 0.419 e. The number of pyridine rings is 1. The van der Waals surface area contributed by atoms with Crippen molar-refractivity contribution in [1.29, 1.82) is 0 Å². The number of hydrogen-bond donors (Lipinski definition) is 3. The molecule has 1 unspecified atom stereocenters. The molecule has 1 aromatic carbocycles. The van der Waals surface area contributed by atoms with Gasteiger partial charge < -0.3 is 10.4 Å². The molecule has 32 heavy (non-hydrogen) atoms. The number of carboxylic acids is 1. The van der Waals surface area contributed by atoms with Crippen molar-refractivity contribution in [3.63, 3.8) is 0 Å². The van der Waals surface area contributed by atoms with Crippen LogP contribution in [0.15, 0.2) is 35.8 Å². The van der Waals surface area contributed by atoms with E-state index in [0.717, 1.165) is 29.7 Å². The number of carbonyl (C=O) groups is 2. The van der Waals surface area contributed by atoms with Gasteiger partial charge in [-0.25, -0.2) is 14.4 Å². The van der Waals surface area contributed by atoms with E-state index < -0.39 is 35.5 Å². The molecule has 0 aliphatic rings. The summed E-state index contributed by atoms with van der Waals surface area (Å²) in [5, 5.41) is 15.2. The number of anilines is 2. The molecule has 0 saturated carbocycles. The highest BCUT2D eigenvalue weighted by atomic mass is 35.5. The number of halogens is 5. The van der Waals surface area contributed by atoms with E-state index in [-0.39, 0.29) is 32.8 Å². The number of amides is 1. The van der Waals surface area contributed by atoms with Crippen LogP contribution in [-0.2, 0) is 11.0 Å². The number of carbonyl (C=O) groups excluding carboxylic acids is 1. The zero-order valence-corrected chi connectivity index (χ0v) is 17.6. The van der Waals surface area contributed by atoms with Crippen LogP contribution < -0.4 is 10.6 Å². The van der Waals surface area contributed by atoms with E-state index in [4.69, 9.17) is 16.7 Å². The second-order valence-corrected chi connectivity index (χ2v) is 7.68. The van der Waals surface area contributed by atoms with Gasteiger partial charge in [-0.2, -0.15) is 13.2 Å². The van der Waals surface area contributed by atoms with Crippen LogP contribution >= 0.6 is 22.9 Å². The molecule has 0 aliphatic heterocycles. The largest absolute Gasteiger partial charge is 0.480 e. The van der Waals surface area contributed by atoms with Crippen molar-refractivity contribution in [3.05, 3.63) is 57.8 Å². The minimum atomic E-state index is -4.86. The molecule has 168 valence electrons. The van der Waals surface area contributed by atoms with Crippen molar-refractivity contribution in [3.8, 4) is 11.3 Å². The summed E-state index contributed by atoms with van der Waals surface area (Å²) in [6.45, 7) is 1.38. The molecule has 13 heteroatoms. The minimum absolute atomic E-state index is 0.00313. The Kier molecular flexibility index (Phi) is 6.65. The van der Waals surface area contributed by atoms with E-state index in [9.17, 15) is 27.2 Å². The van der Waals surface area contributed by atoms with E-state index in [0.29, 0.717) is 6.07 Å². The second-order valence-electron chi connectivity index (χ2n) is 6.42. The van der Waals surface area contributed by atoms with Crippen LogP contribution in [0.5, 0.6) is 0 Å². The number of hydrogen-bond acceptors (Lipinski definition) is 6. The normalized spacial score (nSPS) is 12.3. The molecule has 0 aliphatic carbocycles. The Bertz CT molecular complexity index is 1190. The maximum absolute atomic E-state index is 14.3. The Labute approximate surface area is 187 Å². The molecule has 1 atom stereocenters. The van der Waals surface area contributed by atoms with E-state index in [1.165, 1.54) is 18.4 Å². The topological polar surface area (TPSA) is 104 Å². The minimum Gasteiger partial charge on any atom is -0.480 e. The first kappa shape index (κ1) is 23.4. The average Bonchev–Trinajstić information content (AvgIpc) is 3.16. The molecule has 3 rings (SSSR count). The quantitative estimate of drug-likeness (QED) is 0.414. The Morgan fingerprint density at radius 3 is 2.62 bits per heavy atom. The number of aliphatic carboxylic acids is 1. The molecule has 0 radical (unpaired) electrons. The van der Waals surface area contributed by atoms with Crippen LogP contribution in [-0.4, -0.2) is 33.0 Å². The van der Waals surface area contributed by atoms with Crippen molar-refractivity contribution >= 4 is 45.8 Å². The lowest BCUT2D eigenvalue weighted by Gasteiger charge is -2.12. The fourth-order valence-electron chi connectivity index (χ4n) is 2.51. The molecule has 0 bridgehead atoms. The number of carboxylic acid groups (broad SMARTS) is 1. The van der Waals surface area contributed by atoms with Crippen LogP contribution in [0, 0.1) is 5.82 Å². The molecule has 0 spiro atoms. The van der Waals surface area contributed by atoms with Crippen molar-refractivity contribution in [2.24, 2.45) is 0 Å². The molecular weight excluding hydrogens is 476 g/mol. The molecule has 2 heterocycles. The Balaban J connectivity index is 1.77. The Hall–Kier alpha value is -3.25. The molecule has 3 N–H and O–H groups in total. The molecule has 0 fully saturated rings. The summed E-state index contributed by atoms with van der Waals surface area (Å²) >= 11 is 6.92. The first-order valence-corrected chi connectivity index (χ1v) is 10.0. The van der Waals surface area contributed by atoms with Gasteiger partial charge in [-0.3, -0.25) is 14.9 Å². The molecule has 7 nitrogen and oxygen atoms in total. The summed E-state index contributed by atoms with van der Waals surface area (Å²) in [6.07, 6.45) is -3.71. The molecule has 3 aromatic rings. The third-order valence-corrected chi connectivity index (χ3v) is 5.18. The Morgan fingerprint density at radius 1 is 1.28 bits per heavy atom.